The fourth-order valence-corrected chi connectivity index (χ4v) is 2.96. The van der Waals surface area contributed by atoms with Crippen molar-refractivity contribution in [3.05, 3.63) is 23.4 Å². The summed E-state index contributed by atoms with van der Waals surface area (Å²) in [4.78, 5) is 12.5. The Labute approximate surface area is 109 Å². The molecule has 1 saturated heterocycles. The van der Waals surface area contributed by atoms with Crippen LogP contribution >= 0.6 is 0 Å². The van der Waals surface area contributed by atoms with Gasteiger partial charge in [-0.15, -0.1) is 0 Å². The number of piperidine rings is 1. The molecule has 1 unspecified atom stereocenters. The molecule has 2 rings (SSSR count). The maximum atomic E-state index is 12.6. The lowest BCUT2D eigenvalue weighted by Crippen LogP contribution is -2.59. The molecule has 0 aromatic carbocycles. The molecule has 6 heteroatoms. The molecule has 0 bridgehead atoms. The summed E-state index contributed by atoms with van der Waals surface area (Å²) in [5.41, 5.74) is 6.60. The molecule has 0 saturated carbocycles. The van der Waals surface area contributed by atoms with Crippen LogP contribution in [0.3, 0.4) is 0 Å². The second-order valence-electron chi connectivity index (χ2n) is 5.60. The lowest BCUT2D eigenvalue weighted by molar-refractivity contribution is -0.193. The normalized spacial score (nSPS) is 26.4. The third-order valence-corrected chi connectivity index (χ3v) is 4.06. The van der Waals surface area contributed by atoms with Gasteiger partial charge in [0.15, 0.2) is 0 Å². The fourth-order valence-electron chi connectivity index (χ4n) is 2.96. The predicted molar refractivity (Wildman–Crippen MR) is 64.9 cm³/mol. The number of rotatable bonds is 0. The minimum atomic E-state index is -4.82. The molecular weight excluding hydrogens is 257 g/mol. The molecule has 2 N–H and O–H groups in total. The number of likely N-dealkylation sites (tertiary alicyclic amines) is 1. The van der Waals surface area contributed by atoms with Crippen molar-refractivity contribution in [1.29, 1.82) is 0 Å². The van der Waals surface area contributed by atoms with Gasteiger partial charge >= 0.3 is 12.1 Å². The Hall–Kier alpha value is -1.46. The average Bonchev–Trinajstić information content (AvgIpc) is 2.28. The van der Waals surface area contributed by atoms with Gasteiger partial charge in [0.1, 0.15) is 0 Å². The van der Waals surface area contributed by atoms with E-state index in [0.717, 1.165) is 10.5 Å². The summed E-state index contributed by atoms with van der Waals surface area (Å²) >= 11 is 0. The van der Waals surface area contributed by atoms with E-state index in [4.69, 9.17) is 5.73 Å². The van der Waals surface area contributed by atoms with Crippen LogP contribution in [0.5, 0.6) is 0 Å². The van der Waals surface area contributed by atoms with Crippen LogP contribution < -0.4 is 5.73 Å². The van der Waals surface area contributed by atoms with Crippen LogP contribution in [0.1, 0.15) is 26.7 Å². The summed E-state index contributed by atoms with van der Waals surface area (Å²) in [6.45, 7) is 3.45. The van der Waals surface area contributed by atoms with Crippen molar-refractivity contribution in [1.82, 2.24) is 4.90 Å². The highest BCUT2D eigenvalue weighted by Crippen LogP contribution is 2.43. The molecule has 1 heterocycles. The molecule has 1 atom stereocenters. The summed E-state index contributed by atoms with van der Waals surface area (Å²) in [7, 11) is 0. The first-order valence-electron chi connectivity index (χ1n) is 6.18. The summed E-state index contributed by atoms with van der Waals surface area (Å²) < 4.78 is 37.9. The number of nitrogens with zero attached hydrogens (tertiary/aromatic N) is 1. The van der Waals surface area contributed by atoms with E-state index >= 15 is 0 Å². The molecular formula is C13H17F3N2O. The molecule has 0 aromatic rings. The van der Waals surface area contributed by atoms with E-state index in [1.165, 1.54) is 0 Å². The maximum Gasteiger partial charge on any atom is 0.471 e. The summed E-state index contributed by atoms with van der Waals surface area (Å²) in [6, 6.07) is 0. The van der Waals surface area contributed by atoms with Crippen molar-refractivity contribution >= 4 is 5.91 Å². The van der Waals surface area contributed by atoms with Gasteiger partial charge in [0.05, 0.1) is 0 Å². The van der Waals surface area contributed by atoms with Crippen molar-refractivity contribution < 1.29 is 18.0 Å². The van der Waals surface area contributed by atoms with E-state index in [-0.39, 0.29) is 12.5 Å². The Kier molecular flexibility index (Phi) is 3.15. The van der Waals surface area contributed by atoms with Gasteiger partial charge in [-0.05, 0) is 32.8 Å². The number of halogens is 3. The zero-order valence-electron chi connectivity index (χ0n) is 10.9. The zero-order valence-corrected chi connectivity index (χ0v) is 10.9. The minimum Gasteiger partial charge on any atom is -0.402 e. The second-order valence-corrected chi connectivity index (χ2v) is 5.60. The summed E-state index contributed by atoms with van der Waals surface area (Å²) in [6.07, 6.45) is -0.182. The summed E-state index contributed by atoms with van der Waals surface area (Å²) in [5, 5.41) is 0. The van der Waals surface area contributed by atoms with E-state index in [1.807, 2.05) is 6.08 Å². The maximum absolute atomic E-state index is 12.6. The van der Waals surface area contributed by atoms with Crippen molar-refractivity contribution in [2.24, 2.45) is 11.7 Å². The van der Waals surface area contributed by atoms with Crippen molar-refractivity contribution in [2.45, 2.75) is 38.4 Å². The quantitative estimate of drug-likeness (QED) is 0.737. The first kappa shape index (κ1) is 14.0. The third kappa shape index (κ3) is 2.35. The van der Waals surface area contributed by atoms with Gasteiger partial charge in [0.25, 0.3) is 0 Å². The Bertz CT molecular complexity index is 463. The van der Waals surface area contributed by atoms with Crippen LogP contribution in [0.25, 0.3) is 0 Å². The van der Waals surface area contributed by atoms with Crippen LogP contribution in [-0.4, -0.2) is 29.1 Å². The Morgan fingerprint density at radius 3 is 2.63 bits per heavy atom. The minimum absolute atomic E-state index is 0.0986. The van der Waals surface area contributed by atoms with E-state index in [9.17, 15) is 18.0 Å². The Morgan fingerprint density at radius 1 is 1.42 bits per heavy atom. The van der Waals surface area contributed by atoms with Crippen LogP contribution in [0.15, 0.2) is 23.4 Å². The number of allylic oxidation sites excluding steroid dienone is 3. The number of fused-ring (bicyclic) bond motifs is 1. The zero-order chi connectivity index (χ0) is 14.4. The molecule has 0 radical (unpaired) electrons. The lowest BCUT2D eigenvalue weighted by atomic mass is 9.71. The third-order valence-electron chi connectivity index (χ3n) is 4.06. The predicted octanol–water partition coefficient (Wildman–Crippen LogP) is 2.35. The number of carbonyl (C=O) groups excluding carboxylic acids is 1. The number of alkyl halides is 3. The number of hydrogen-bond acceptors (Lipinski definition) is 2. The van der Waals surface area contributed by atoms with Crippen LogP contribution in [0.4, 0.5) is 13.2 Å². The van der Waals surface area contributed by atoms with Gasteiger partial charge in [0, 0.05) is 23.7 Å². The molecule has 1 fully saturated rings. The second kappa shape index (κ2) is 4.28. The van der Waals surface area contributed by atoms with E-state index in [1.54, 1.807) is 19.9 Å². The molecule has 3 nitrogen and oxygen atoms in total. The van der Waals surface area contributed by atoms with Gasteiger partial charge in [-0.3, -0.25) is 4.79 Å². The molecule has 1 amide bonds. The molecule has 19 heavy (non-hydrogen) atoms. The van der Waals surface area contributed by atoms with Crippen molar-refractivity contribution in [2.75, 3.05) is 6.54 Å². The monoisotopic (exact) mass is 274 g/mol. The molecule has 2 aliphatic rings. The van der Waals surface area contributed by atoms with E-state index in [2.05, 4.69) is 0 Å². The number of amides is 1. The van der Waals surface area contributed by atoms with Gasteiger partial charge < -0.3 is 10.6 Å². The smallest absolute Gasteiger partial charge is 0.402 e. The highest BCUT2D eigenvalue weighted by molar-refractivity contribution is 5.83. The Morgan fingerprint density at radius 2 is 2.05 bits per heavy atom. The van der Waals surface area contributed by atoms with E-state index in [0.29, 0.717) is 18.5 Å². The number of nitrogens with two attached hydrogens (primary N) is 1. The molecule has 1 aliphatic carbocycles. The SMILES string of the molecule is CC1(C)C2CC(N)=CC=C2CCN1C(=O)C(F)(F)F. The van der Waals surface area contributed by atoms with Gasteiger partial charge in [-0.2, -0.15) is 13.2 Å². The van der Waals surface area contributed by atoms with Gasteiger partial charge in [-0.25, -0.2) is 0 Å². The molecule has 0 spiro atoms. The lowest BCUT2D eigenvalue weighted by Gasteiger charge is -2.50. The van der Waals surface area contributed by atoms with Crippen LogP contribution in [-0.2, 0) is 4.79 Å². The van der Waals surface area contributed by atoms with Crippen molar-refractivity contribution in [3.63, 3.8) is 0 Å². The molecule has 0 aromatic heterocycles. The highest BCUT2D eigenvalue weighted by Gasteiger charge is 2.51. The highest BCUT2D eigenvalue weighted by atomic mass is 19.4. The van der Waals surface area contributed by atoms with Gasteiger partial charge in [-0.1, -0.05) is 11.6 Å². The largest absolute Gasteiger partial charge is 0.471 e. The van der Waals surface area contributed by atoms with Gasteiger partial charge in [0.2, 0.25) is 0 Å². The first-order chi connectivity index (χ1) is 8.64. The number of carbonyl (C=O) groups is 1. The topological polar surface area (TPSA) is 46.3 Å². The fraction of sp³-hybridized carbons (Fsp3) is 0.615. The molecule has 106 valence electrons. The first-order valence-corrected chi connectivity index (χ1v) is 6.18. The summed E-state index contributed by atoms with van der Waals surface area (Å²) in [5.74, 6) is -1.90. The van der Waals surface area contributed by atoms with E-state index < -0.39 is 17.6 Å². The van der Waals surface area contributed by atoms with Crippen LogP contribution in [0.2, 0.25) is 0 Å². The number of hydrogen-bond donors (Lipinski definition) is 1. The Balaban J connectivity index is 2.31. The average molecular weight is 274 g/mol. The standard InChI is InChI=1S/C13H17F3N2O/c1-12(2)10-7-9(17)4-3-8(10)5-6-18(12)11(19)13(14,15)16/h3-4,10H,5-7,17H2,1-2H3. The van der Waals surface area contributed by atoms with Crippen molar-refractivity contribution in [3.8, 4) is 0 Å². The van der Waals surface area contributed by atoms with Crippen LogP contribution in [0, 0.1) is 5.92 Å². The molecule has 1 aliphatic heterocycles.